The Morgan fingerprint density at radius 1 is 1.21 bits per heavy atom. The van der Waals surface area contributed by atoms with E-state index < -0.39 is 0 Å². The molecule has 1 saturated heterocycles. The molecule has 1 aromatic rings. The molecule has 0 aliphatic carbocycles. The van der Waals surface area contributed by atoms with E-state index in [-0.39, 0.29) is 0 Å². The minimum atomic E-state index is 0.898. The van der Waals surface area contributed by atoms with Crippen LogP contribution in [0.4, 0.5) is 0 Å². The first-order valence-corrected chi connectivity index (χ1v) is 9.66. The monoisotopic (exact) mass is 327 g/mol. The van der Waals surface area contributed by atoms with Crippen molar-refractivity contribution >= 4 is 5.71 Å². The third-order valence-corrected chi connectivity index (χ3v) is 4.70. The van der Waals surface area contributed by atoms with Gasteiger partial charge < -0.3 is 0 Å². The molecule has 132 valence electrons. The van der Waals surface area contributed by atoms with Gasteiger partial charge in [-0.1, -0.05) is 39.7 Å². The smallest absolute Gasteiger partial charge is 0.0495 e. The van der Waals surface area contributed by atoms with Gasteiger partial charge in [0, 0.05) is 35.4 Å². The van der Waals surface area contributed by atoms with Crippen molar-refractivity contribution in [3.05, 3.63) is 41.9 Å². The Morgan fingerprint density at radius 3 is 2.71 bits per heavy atom. The van der Waals surface area contributed by atoms with Crippen LogP contribution in [0.1, 0.15) is 70.1 Å². The first-order chi connectivity index (χ1) is 11.7. The standard InChI is InChI=1S/C21H33N3/c1-4-6-8-13-21-19(12-11-14-22-21)20(5-2)23-18(3)17-24-15-9-7-10-16-24/h11-12,14H,3-10,13,15-17H2,1-2H3. The van der Waals surface area contributed by atoms with Crippen LogP contribution in [-0.4, -0.2) is 35.2 Å². The van der Waals surface area contributed by atoms with Crippen LogP contribution in [-0.2, 0) is 6.42 Å². The second kappa shape index (κ2) is 10.4. The Morgan fingerprint density at radius 2 is 2.00 bits per heavy atom. The normalized spacial score (nSPS) is 16.3. The highest BCUT2D eigenvalue weighted by molar-refractivity contribution is 6.01. The van der Waals surface area contributed by atoms with Crippen molar-refractivity contribution in [2.24, 2.45) is 4.99 Å². The van der Waals surface area contributed by atoms with Crippen LogP contribution in [0, 0.1) is 0 Å². The number of pyridine rings is 1. The molecule has 1 aliphatic heterocycles. The summed E-state index contributed by atoms with van der Waals surface area (Å²) in [5.74, 6) is 0. The van der Waals surface area contributed by atoms with Gasteiger partial charge in [0.2, 0.25) is 0 Å². The Kier molecular flexibility index (Phi) is 8.17. The molecule has 0 atom stereocenters. The van der Waals surface area contributed by atoms with E-state index in [2.05, 4.69) is 36.4 Å². The van der Waals surface area contributed by atoms with Gasteiger partial charge in [0.05, 0.1) is 0 Å². The maximum Gasteiger partial charge on any atom is 0.0495 e. The molecule has 0 bridgehead atoms. The Hall–Kier alpha value is -1.48. The lowest BCUT2D eigenvalue weighted by Crippen LogP contribution is -2.31. The summed E-state index contributed by atoms with van der Waals surface area (Å²) in [7, 11) is 0. The lowest BCUT2D eigenvalue weighted by Gasteiger charge is -2.26. The lowest BCUT2D eigenvalue weighted by atomic mass is 10.0. The van der Waals surface area contributed by atoms with E-state index in [1.54, 1.807) is 0 Å². The Balaban J connectivity index is 2.07. The second-order valence-corrected chi connectivity index (χ2v) is 6.77. The SMILES string of the molecule is C=C(CN1CCCCC1)N=C(CC)c1cccnc1CCCCC. The minimum Gasteiger partial charge on any atom is -0.298 e. The Labute approximate surface area is 147 Å². The van der Waals surface area contributed by atoms with Crippen molar-refractivity contribution in [3.8, 4) is 0 Å². The van der Waals surface area contributed by atoms with Crippen LogP contribution in [0.15, 0.2) is 35.6 Å². The molecule has 0 spiro atoms. The minimum absolute atomic E-state index is 0.898. The molecule has 1 aliphatic rings. The zero-order valence-electron chi connectivity index (χ0n) is 15.6. The molecule has 0 amide bonds. The molecule has 1 aromatic heterocycles. The first-order valence-electron chi connectivity index (χ1n) is 9.66. The van der Waals surface area contributed by atoms with E-state index in [1.165, 1.54) is 62.9 Å². The van der Waals surface area contributed by atoms with Gasteiger partial charge in [0.1, 0.15) is 0 Å². The largest absolute Gasteiger partial charge is 0.298 e. The van der Waals surface area contributed by atoms with Gasteiger partial charge in [-0.05, 0) is 57.3 Å². The van der Waals surface area contributed by atoms with Crippen LogP contribution in [0.5, 0.6) is 0 Å². The van der Waals surface area contributed by atoms with E-state index in [1.807, 2.05) is 12.3 Å². The molecule has 24 heavy (non-hydrogen) atoms. The number of hydrogen-bond donors (Lipinski definition) is 0. The summed E-state index contributed by atoms with van der Waals surface area (Å²) < 4.78 is 0. The molecule has 0 unspecified atom stereocenters. The van der Waals surface area contributed by atoms with Gasteiger partial charge in [0.25, 0.3) is 0 Å². The number of likely N-dealkylation sites (tertiary alicyclic amines) is 1. The van der Waals surface area contributed by atoms with Crippen LogP contribution in [0.25, 0.3) is 0 Å². The molecule has 0 saturated carbocycles. The van der Waals surface area contributed by atoms with Crippen LogP contribution >= 0.6 is 0 Å². The van der Waals surface area contributed by atoms with Crippen molar-refractivity contribution in [2.45, 2.75) is 65.2 Å². The van der Waals surface area contributed by atoms with Gasteiger partial charge in [-0.25, -0.2) is 0 Å². The quantitative estimate of drug-likeness (QED) is 0.471. The molecule has 0 aromatic carbocycles. The van der Waals surface area contributed by atoms with Crippen molar-refractivity contribution in [3.63, 3.8) is 0 Å². The van der Waals surface area contributed by atoms with Gasteiger partial charge in [-0.3, -0.25) is 14.9 Å². The van der Waals surface area contributed by atoms with Crippen LogP contribution in [0.2, 0.25) is 0 Å². The molecule has 2 heterocycles. The highest BCUT2D eigenvalue weighted by atomic mass is 15.1. The van der Waals surface area contributed by atoms with E-state index in [9.17, 15) is 0 Å². The van der Waals surface area contributed by atoms with E-state index in [4.69, 9.17) is 4.99 Å². The summed E-state index contributed by atoms with van der Waals surface area (Å²) in [5.41, 5.74) is 4.53. The number of piperidine rings is 1. The Bertz CT molecular complexity index is 542. The average molecular weight is 328 g/mol. The highest BCUT2D eigenvalue weighted by Crippen LogP contribution is 2.16. The summed E-state index contributed by atoms with van der Waals surface area (Å²) in [6.45, 7) is 11.9. The van der Waals surface area contributed by atoms with Crippen molar-refractivity contribution in [1.29, 1.82) is 0 Å². The number of hydrogen-bond acceptors (Lipinski definition) is 3. The summed E-state index contributed by atoms with van der Waals surface area (Å²) in [4.78, 5) is 12.0. The van der Waals surface area contributed by atoms with Gasteiger partial charge in [0.15, 0.2) is 0 Å². The molecule has 0 N–H and O–H groups in total. The molecular weight excluding hydrogens is 294 g/mol. The van der Waals surface area contributed by atoms with Crippen LogP contribution in [0.3, 0.4) is 0 Å². The van der Waals surface area contributed by atoms with E-state index in [0.717, 1.165) is 30.8 Å². The predicted octanol–water partition coefficient (Wildman–Crippen LogP) is 5.01. The summed E-state index contributed by atoms with van der Waals surface area (Å²) in [5, 5.41) is 0. The van der Waals surface area contributed by atoms with Crippen LogP contribution < -0.4 is 0 Å². The fourth-order valence-electron chi connectivity index (χ4n) is 3.37. The zero-order chi connectivity index (χ0) is 17.2. The molecule has 0 radical (unpaired) electrons. The highest BCUT2D eigenvalue weighted by Gasteiger charge is 2.13. The number of aromatic nitrogens is 1. The second-order valence-electron chi connectivity index (χ2n) is 6.77. The molecule has 1 fully saturated rings. The van der Waals surface area contributed by atoms with Gasteiger partial charge in [-0.2, -0.15) is 0 Å². The first kappa shape index (κ1) is 18.9. The number of aryl methyl sites for hydroxylation is 1. The molecule has 3 heteroatoms. The van der Waals surface area contributed by atoms with Crippen molar-refractivity contribution in [2.75, 3.05) is 19.6 Å². The fourth-order valence-corrected chi connectivity index (χ4v) is 3.37. The topological polar surface area (TPSA) is 28.5 Å². The summed E-state index contributed by atoms with van der Waals surface area (Å²) in [6, 6.07) is 4.20. The molecule has 2 rings (SSSR count). The summed E-state index contributed by atoms with van der Waals surface area (Å²) in [6.07, 6.45) is 11.5. The predicted molar refractivity (Wildman–Crippen MR) is 104 cm³/mol. The number of rotatable bonds is 9. The number of aliphatic imine (C=N–C) groups is 1. The van der Waals surface area contributed by atoms with Crippen molar-refractivity contribution in [1.82, 2.24) is 9.88 Å². The summed E-state index contributed by atoms with van der Waals surface area (Å²) >= 11 is 0. The van der Waals surface area contributed by atoms with Crippen molar-refractivity contribution < 1.29 is 0 Å². The number of nitrogens with zero attached hydrogens (tertiary/aromatic N) is 3. The third-order valence-electron chi connectivity index (χ3n) is 4.70. The number of unbranched alkanes of at least 4 members (excludes halogenated alkanes) is 2. The van der Waals surface area contributed by atoms with E-state index in [0.29, 0.717) is 0 Å². The van der Waals surface area contributed by atoms with E-state index >= 15 is 0 Å². The fraction of sp³-hybridized carbons (Fsp3) is 0.619. The van der Waals surface area contributed by atoms with Gasteiger partial charge in [-0.15, -0.1) is 0 Å². The average Bonchev–Trinajstić information content (AvgIpc) is 2.61. The molecule has 3 nitrogen and oxygen atoms in total. The maximum atomic E-state index is 4.89. The molecular formula is C21H33N3. The third kappa shape index (κ3) is 5.86. The lowest BCUT2D eigenvalue weighted by molar-refractivity contribution is 0.246. The maximum absolute atomic E-state index is 4.89. The zero-order valence-corrected chi connectivity index (χ0v) is 15.6. The van der Waals surface area contributed by atoms with Gasteiger partial charge >= 0.3 is 0 Å².